The van der Waals surface area contributed by atoms with E-state index < -0.39 is 23.5 Å². The summed E-state index contributed by atoms with van der Waals surface area (Å²) < 4.78 is 18.7. The van der Waals surface area contributed by atoms with E-state index in [1.165, 1.54) is 29.2 Å². The summed E-state index contributed by atoms with van der Waals surface area (Å²) in [6.07, 6.45) is 0.626. The number of hydrogen-bond donors (Lipinski definition) is 2. The van der Waals surface area contributed by atoms with E-state index in [2.05, 4.69) is 0 Å². The fourth-order valence-electron chi connectivity index (χ4n) is 3.40. The number of ketones is 1. The van der Waals surface area contributed by atoms with E-state index in [0.29, 0.717) is 24.3 Å². The summed E-state index contributed by atoms with van der Waals surface area (Å²) in [6, 6.07) is 11.1. The molecule has 0 spiro atoms. The molecule has 1 heterocycles. The van der Waals surface area contributed by atoms with Gasteiger partial charge < -0.3 is 19.8 Å². The third-order valence-corrected chi connectivity index (χ3v) is 4.66. The molecule has 0 aliphatic carbocycles. The number of nitrogens with zero attached hydrogens (tertiary/aromatic N) is 1. The third-order valence-electron chi connectivity index (χ3n) is 4.66. The topological polar surface area (TPSA) is 87.1 Å². The second-order valence-electron chi connectivity index (χ2n) is 6.64. The van der Waals surface area contributed by atoms with Crippen molar-refractivity contribution in [1.29, 1.82) is 0 Å². The normalized spacial score (nSPS) is 18.3. The maximum absolute atomic E-state index is 13.3. The third kappa shape index (κ3) is 4.14. The summed E-state index contributed by atoms with van der Waals surface area (Å²) in [6.45, 7) is 2.17. The van der Waals surface area contributed by atoms with Crippen LogP contribution >= 0.6 is 0 Å². The van der Waals surface area contributed by atoms with E-state index in [9.17, 15) is 19.1 Å². The first kappa shape index (κ1) is 20.5. The highest BCUT2D eigenvalue weighted by Gasteiger charge is 2.45. The molecule has 1 atom stereocenters. The highest BCUT2D eigenvalue weighted by Crippen LogP contribution is 2.40. The lowest BCUT2D eigenvalue weighted by Crippen LogP contribution is -2.30. The number of Topliss-reactive ketones (excluding diaryl/α,β-unsaturated/α-hetero) is 1. The predicted molar refractivity (Wildman–Crippen MR) is 105 cm³/mol. The van der Waals surface area contributed by atoms with Gasteiger partial charge in [-0.05, 0) is 48.4 Å². The minimum absolute atomic E-state index is 0.0469. The van der Waals surface area contributed by atoms with Gasteiger partial charge in [0.25, 0.3) is 11.7 Å². The quantitative estimate of drug-likeness (QED) is 0.425. The van der Waals surface area contributed by atoms with Crippen molar-refractivity contribution < 1.29 is 28.9 Å². The van der Waals surface area contributed by atoms with Crippen LogP contribution in [0.1, 0.15) is 30.5 Å². The number of likely N-dealkylation sites (tertiary alicyclic amines) is 1. The maximum atomic E-state index is 13.3. The van der Waals surface area contributed by atoms with Gasteiger partial charge in [-0.15, -0.1) is 0 Å². The van der Waals surface area contributed by atoms with E-state index in [1.807, 2.05) is 6.92 Å². The van der Waals surface area contributed by atoms with Gasteiger partial charge in [0.05, 0.1) is 18.2 Å². The van der Waals surface area contributed by atoms with E-state index in [1.54, 1.807) is 24.3 Å². The van der Waals surface area contributed by atoms with E-state index in [-0.39, 0.29) is 30.1 Å². The molecule has 152 valence electrons. The van der Waals surface area contributed by atoms with Gasteiger partial charge in [0.2, 0.25) is 0 Å². The Hall–Kier alpha value is -3.19. The van der Waals surface area contributed by atoms with Crippen LogP contribution in [0.25, 0.3) is 5.76 Å². The molecule has 0 saturated carbocycles. The number of ether oxygens (including phenoxy) is 1. The Morgan fingerprint density at radius 1 is 1.17 bits per heavy atom. The number of halogens is 1. The number of carbonyl (C=O) groups is 2. The summed E-state index contributed by atoms with van der Waals surface area (Å²) in [7, 11) is 0. The zero-order valence-corrected chi connectivity index (χ0v) is 16.0. The zero-order chi connectivity index (χ0) is 21.0. The Morgan fingerprint density at radius 3 is 2.55 bits per heavy atom. The Kier molecular flexibility index (Phi) is 6.29. The average molecular weight is 399 g/mol. The monoisotopic (exact) mass is 399 g/mol. The lowest BCUT2D eigenvalue weighted by molar-refractivity contribution is -0.139. The molecule has 1 saturated heterocycles. The number of hydrogen-bond acceptors (Lipinski definition) is 5. The van der Waals surface area contributed by atoms with Gasteiger partial charge in [-0.3, -0.25) is 9.59 Å². The molecular weight excluding hydrogens is 377 g/mol. The van der Waals surface area contributed by atoms with Crippen molar-refractivity contribution in [1.82, 2.24) is 4.90 Å². The van der Waals surface area contributed by atoms with E-state index in [0.717, 1.165) is 0 Å². The van der Waals surface area contributed by atoms with Crippen LogP contribution in [0.2, 0.25) is 0 Å². The number of aliphatic hydroxyl groups is 2. The van der Waals surface area contributed by atoms with Gasteiger partial charge in [-0.25, -0.2) is 4.39 Å². The van der Waals surface area contributed by atoms with Gasteiger partial charge in [-0.2, -0.15) is 0 Å². The van der Waals surface area contributed by atoms with Gasteiger partial charge in [0.1, 0.15) is 23.9 Å². The number of amides is 1. The van der Waals surface area contributed by atoms with Crippen molar-refractivity contribution in [3.8, 4) is 5.75 Å². The van der Waals surface area contributed by atoms with E-state index >= 15 is 0 Å². The molecule has 1 amide bonds. The first-order chi connectivity index (χ1) is 14.0. The SMILES string of the molecule is CCCN1C(=O)C(=O)/C(=C(\O)c2ccc(F)cc2)C1c1cccc(OCCO)c1. The van der Waals surface area contributed by atoms with Crippen LogP contribution in [-0.2, 0) is 9.59 Å². The molecule has 2 aromatic carbocycles. The summed E-state index contributed by atoms with van der Waals surface area (Å²) in [4.78, 5) is 26.8. The van der Waals surface area contributed by atoms with Crippen molar-refractivity contribution in [2.24, 2.45) is 0 Å². The first-order valence-corrected chi connectivity index (χ1v) is 9.36. The maximum Gasteiger partial charge on any atom is 0.295 e. The minimum Gasteiger partial charge on any atom is -0.507 e. The van der Waals surface area contributed by atoms with Crippen molar-refractivity contribution in [2.45, 2.75) is 19.4 Å². The first-order valence-electron chi connectivity index (χ1n) is 9.36. The molecule has 0 aromatic heterocycles. The van der Waals surface area contributed by atoms with Crippen molar-refractivity contribution in [3.05, 3.63) is 71.0 Å². The van der Waals surface area contributed by atoms with Crippen molar-refractivity contribution in [2.75, 3.05) is 19.8 Å². The predicted octanol–water partition coefficient (Wildman–Crippen LogP) is 3.03. The number of carbonyl (C=O) groups excluding carboxylic acids is 2. The number of rotatable bonds is 7. The Bertz CT molecular complexity index is 938. The summed E-state index contributed by atoms with van der Waals surface area (Å²) in [5.74, 6) is -1.83. The van der Waals surface area contributed by atoms with Crippen LogP contribution in [-0.4, -0.2) is 46.6 Å². The van der Waals surface area contributed by atoms with Crippen LogP contribution in [0, 0.1) is 5.82 Å². The smallest absolute Gasteiger partial charge is 0.295 e. The number of aliphatic hydroxyl groups excluding tert-OH is 2. The molecule has 7 heteroatoms. The molecule has 1 aliphatic rings. The zero-order valence-electron chi connectivity index (χ0n) is 16.0. The van der Waals surface area contributed by atoms with Crippen LogP contribution < -0.4 is 4.74 Å². The van der Waals surface area contributed by atoms with Crippen LogP contribution in [0.5, 0.6) is 5.75 Å². The lowest BCUT2D eigenvalue weighted by Gasteiger charge is -2.25. The lowest BCUT2D eigenvalue weighted by atomic mass is 9.95. The molecule has 1 unspecified atom stereocenters. The molecule has 0 bridgehead atoms. The highest BCUT2D eigenvalue weighted by molar-refractivity contribution is 6.46. The Morgan fingerprint density at radius 2 is 1.90 bits per heavy atom. The average Bonchev–Trinajstić information content (AvgIpc) is 2.98. The van der Waals surface area contributed by atoms with E-state index in [4.69, 9.17) is 9.84 Å². The number of benzene rings is 2. The van der Waals surface area contributed by atoms with Crippen LogP contribution in [0.3, 0.4) is 0 Å². The van der Waals surface area contributed by atoms with Crippen LogP contribution in [0.4, 0.5) is 4.39 Å². The second kappa shape index (κ2) is 8.87. The van der Waals surface area contributed by atoms with Gasteiger partial charge >= 0.3 is 0 Å². The van der Waals surface area contributed by atoms with Crippen LogP contribution in [0.15, 0.2) is 54.1 Å². The van der Waals surface area contributed by atoms with Gasteiger partial charge in [0, 0.05) is 12.1 Å². The van der Waals surface area contributed by atoms with Crippen molar-refractivity contribution in [3.63, 3.8) is 0 Å². The summed E-state index contributed by atoms with van der Waals surface area (Å²) in [5.41, 5.74) is 0.796. The second-order valence-corrected chi connectivity index (χ2v) is 6.64. The molecule has 0 radical (unpaired) electrons. The standard InChI is InChI=1S/C22H22FNO5/c1-2-10-24-19(15-4-3-5-17(13-15)29-12-11-25)18(21(27)22(24)28)20(26)14-6-8-16(23)9-7-14/h3-9,13,19,25-26H,2,10-12H2,1H3/b20-18-. The fourth-order valence-corrected chi connectivity index (χ4v) is 3.40. The molecule has 2 N–H and O–H groups in total. The minimum atomic E-state index is -0.794. The molecule has 1 fully saturated rings. The molecule has 3 rings (SSSR count). The Balaban J connectivity index is 2.12. The van der Waals surface area contributed by atoms with Crippen molar-refractivity contribution >= 4 is 17.4 Å². The van der Waals surface area contributed by atoms with Gasteiger partial charge in [-0.1, -0.05) is 19.1 Å². The molecule has 6 nitrogen and oxygen atoms in total. The molecular formula is C22H22FNO5. The summed E-state index contributed by atoms with van der Waals surface area (Å²) in [5, 5.41) is 19.8. The fraction of sp³-hybridized carbons (Fsp3) is 0.273. The summed E-state index contributed by atoms with van der Waals surface area (Å²) >= 11 is 0. The highest BCUT2D eigenvalue weighted by atomic mass is 19.1. The molecule has 29 heavy (non-hydrogen) atoms. The molecule has 1 aliphatic heterocycles. The Labute approximate surface area is 167 Å². The molecule has 2 aromatic rings. The largest absolute Gasteiger partial charge is 0.507 e. The van der Waals surface area contributed by atoms with Gasteiger partial charge in [0.15, 0.2) is 0 Å².